The van der Waals surface area contributed by atoms with Crippen molar-refractivity contribution < 1.29 is 4.74 Å². The van der Waals surface area contributed by atoms with Crippen LogP contribution in [0, 0.1) is 22.7 Å². The summed E-state index contributed by atoms with van der Waals surface area (Å²) in [6, 6.07) is 5.66. The zero-order chi connectivity index (χ0) is 26.0. The smallest absolute Gasteiger partial charge is 0.320 e. The average molecular weight is 549 g/mol. The highest BCUT2D eigenvalue weighted by Crippen LogP contribution is 2.53. The number of nitrogen functional groups attached to an aromatic ring is 1. The molecule has 3 aromatic rings. The van der Waals surface area contributed by atoms with Crippen molar-refractivity contribution in [1.29, 1.82) is 10.5 Å². The summed E-state index contributed by atoms with van der Waals surface area (Å²) in [5, 5.41) is 31.6. The van der Waals surface area contributed by atoms with Crippen LogP contribution in [0.2, 0.25) is 5.02 Å². The molecule has 0 amide bonds. The van der Waals surface area contributed by atoms with Crippen LogP contribution in [-0.4, -0.2) is 58.4 Å². The van der Waals surface area contributed by atoms with Crippen molar-refractivity contribution in [3.8, 4) is 18.1 Å². The molecule has 3 aromatic heterocycles. The number of rotatable bonds is 5. The highest BCUT2D eigenvalue weighted by atomic mass is 35.5. The Morgan fingerprint density at radius 3 is 2.50 bits per heavy atom. The monoisotopic (exact) mass is 548 g/mol. The number of fused-ring (bicyclic) bond motifs is 4. The number of hydrogen-bond acceptors (Lipinski definition) is 11. The Kier molecular flexibility index (Phi) is 5.41. The maximum atomic E-state index is 10.3. The molecule has 0 unspecified atom stereocenters. The molecule has 0 aromatic carbocycles. The lowest BCUT2D eigenvalue weighted by atomic mass is 9.74. The Bertz CT molecular complexity index is 1500. The van der Waals surface area contributed by atoms with Crippen LogP contribution in [0.15, 0.2) is 6.20 Å². The lowest BCUT2D eigenvalue weighted by Crippen LogP contribution is -2.59. The van der Waals surface area contributed by atoms with Crippen LogP contribution < -0.4 is 25.6 Å². The number of nitrogens with two attached hydrogens (primary N) is 1. The Morgan fingerprint density at radius 1 is 1.13 bits per heavy atom. The van der Waals surface area contributed by atoms with Gasteiger partial charge in [0.15, 0.2) is 11.6 Å². The lowest BCUT2D eigenvalue weighted by Gasteiger charge is -2.49. The van der Waals surface area contributed by atoms with Crippen LogP contribution in [0.3, 0.4) is 0 Å². The summed E-state index contributed by atoms with van der Waals surface area (Å²) < 4.78 is 5.98. The van der Waals surface area contributed by atoms with E-state index in [1.165, 1.54) is 16.2 Å². The molecule has 4 N–H and O–H groups in total. The zero-order valence-electron chi connectivity index (χ0n) is 20.5. The molecule has 1 aliphatic carbocycles. The van der Waals surface area contributed by atoms with Gasteiger partial charge in [-0.25, -0.2) is 0 Å². The molecule has 4 aliphatic rings. The number of aryl methyl sites for hydroxylation is 1. The van der Waals surface area contributed by atoms with Gasteiger partial charge in [-0.05, 0) is 31.2 Å². The van der Waals surface area contributed by atoms with Crippen molar-refractivity contribution in [3.63, 3.8) is 0 Å². The number of nitriles is 2. The molecule has 194 valence electrons. The Labute approximate surface area is 228 Å². The number of ether oxygens (including phenoxy) is 1. The van der Waals surface area contributed by atoms with Gasteiger partial charge in [0, 0.05) is 54.8 Å². The molecule has 3 saturated heterocycles. The predicted molar refractivity (Wildman–Crippen MR) is 142 cm³/mol. The molecule has 1 spiro atoms. The van der Waals surface area contributed by atoms with Crippen LogP contribution in [0.25, 0.3) is 0 Å². The fraction of sp³-hybridized carbons (Fsp3) is 0.480. The topological polar surface area (TPSA) is 156 Å². The van der Waals surface area contributed by atoms with Crippen molar-refractivity contribution >= 4 is 39.6 Å². The van der Waals surface area contributed by atoms with E-state index >= 15 is 0 Å². The number of H-pyrrole nitrogens is 1. The van der Waals surface area contributed by atoms with E-state index in [0.29, 0.717) is 63.7 Å². The number of hydrogen-bond donors (Lipinski definition) is 3. The van der Waals surface area contributed by atoms with E-state index in [9.17, 15) is 10.5 Å². The van der Waals surface area contributed by atoms with Gasteiger partial charge in [-0.2, -0.15) is 25.6 Å². The van der Waals surface area contributed by atoms with E-state index in [4.69, 9.17) is 32.0 Å². The summed E-state index contributed by atoms with van der Waals surface area (Å²) in [7, 11) is 0. The molecule has 3 aliphatic heterocycles. The first kappa shape index (κ1) is 23.5. The van der Waals surface area contributed by atoms with Crippen molar-refractivity contribution in [2.75, 3.05) is 41.7 Å². The van der Waals surface area contributed by atoms with E-state index in [0.717, 1.165) is 44.3 Å². The van der Waals surface area contributed by atoms with Crippen LogP contribution in [-0.2, 0) is 18.4 Å². The van der Waals surface area contributed by atoms with Crippen LogP contribution in [0.5, 0.6) is 6.01 Å². The molecule has 3 fully saturated rings. The first-order valence-corrected chi connectivity index (χ1v) is 13.9. The second kappa shape index (κ2) is 8.73. The number of aromatic amines is 1. The van der Waals surface area contributed by atoms with Crippen LogP contribution in [0.1, 0.15) is 46.5 Å². The van der Waals surface area contributed by atoms with Crippen molar-refractivity contribution in [2.45, 2.75) is 49.8 Å². The molecule has 38 heavy (non-hydrogen) atoms. The first-order valence-electron chi connectivity index (χ1n) is 12.7. The SMILES string of the molecule is N#Cc1c(N2C[C@H]3CC[C@@H](C2)N3)nc(OCc2n[nH]cc2Cl)nc1N1CC2(CCc3sc(N)c(C#N)c32)C1. The first-order chi connectivity index (χ1) is 18.5. The van der Waals surface area contributed by atoms with Gasteiger partial charge in [0.1, 0.15) is 35.0 Å². The number of thiophene rings is 1. The summed E-state index contributed by atoms with van der Waals surface area (Å²) in [6.45, 7) is 2.98. The number of nitrogens with one attached hydrogen (secondary N) is 2. The molecule has 2 atom stereocenters. The van der Waals surface area contributed by atoms with Gasteiger partial charge >= 0.3 is 6.01 Å². The van der Waals surface area contributed by atoms with Gasteiger partial charge in [-0.1, -0.05) is 11.6 Å². The predicted octanol–water partition coefficient (Wildman–Crippen LogP) is 2.46. The van der Waals surface area contributed by atoms with Crippen molar-refractivity contribution in [2.24, 2.45) is 0 Å². The number of halogens is 1. The maximum Gasteiger partial charge on any atom is 0.320 e. The fourth-order valence-corrected chi connectivity index (χ4v) is 7.81. The number of nitrogens with zero attached hydrogens (tertiary/aromatic N) is 7. The van der Waals surface area contributed by atoms with E-state index in [1.807, 2.05) is 0 Å². The second-order valence-electron chi connectivity index (χ2n) is 10.5. The van der Waals surface area contributed by atoms with Gasteiger partial charge in [0.2, 0.25) is 0 Å². The molecule has 0 saturated carbocycles. The molecule has 2 bridgehead atoms. The molecular formula is C25H25ClN10OS. The molecule has 11 nitrogen and oxygen atoms in total. The summed E-state index contributed by atoms with van der Waals surface area (Å²) in [5.41, 5.74) is 8.73. The second-order valence-corrected chi connectivity index (χ2v) is 12.1. The molecule has 7 rings (SSSR count). The molecule has 0 radical (unpaired) electrons. The Hall–Kier alpha value is -3.58. The number of piperazine rings is 1. The highest BCUT2D eigenvalue weighted by Gasteiger charge is 2.52. The third-order valence-electron chi connectivity index (χ3n) is 8.25. The van der Waals surface area contributed by atoms with E-state index in [2.05, 4.69) is 37.5 Å². The zero-order valence-corrected chi connectivity index (χ0v) is 22.1. The number of anilines is 3. The largest absolute Gasteiger partial charge is 0.457 e. The summed E-state index contributed by atoms with van der Waals surface area (Å²) in [4.78, 5) is 15.0. The maximum absolute atomic E-state index is 10.3. The highest BCUT2D eigenvalue weighted by molar-refractivity contribution is 7.16. The van der Waals surface area contributed by atoms with Crippen molar-refractivity contribution in [3.05, 3.63) is 38.5 Å². The van der Waals surface area contributed by atoms with Gasteiger partial charge < -0.3 is 25.6 Å². The summed E-state index contributed by atoms with van der Waals surface area (Å²) >= 11 is 7.71. The minimum Gasteiger partial charge on any atom is -0.457 e. The number of aromatic nitrogens is 4. The van der Waals surface area contributed by atoms with Gasteiger partial charge in [0.05, 0.1) is 10.6 Å². The molecular weight excluding hydrogens is 524 g/mol. The van der Waals surface area contributed by atoms with Gasteiger partial charge in [-0.3, -0.25) is 5.10 Å². The molecule has 13 heteroatoms. The van der Waals surface area contributed by atoms with Gasteiger partial charge in [-0.15, -0.1) is 11.3 Å². The lowest BCUT2D eigenvalue weighted by molar-refractivity contribution is 0.274. The van der Waals surface area contributed by atoms with E-state index in [1.54, 1.807) is 6.20 Å². The summed E-state index contributed by atoms with van der Waals surface area (Å²) in [6.07, 6.45) is 5.70. The standard InChI is InChI=1S/C25H25ClN10OS/c26-17-7-30-34-18(17)10-37-24-32-22(35-8-13-1-2-14(9-35)31-13)16(6-28)23(33-24)36-11-25(12-36)4-3-19-20(25)15(5-27)21(29)38-19/h7,13-14,31H,1-4,8-12,29H2,(H,30,34)/t13-,14+. The average Bonchev–Trinajstić information content (AvgIpc) is 3.64. The minimum atomic E-state index is -0.149. The van der Waals surface area contributed by atoms with Crippen LogP contribution >= 0.6 is 22.9 Å². The molecule has 6 heterocycles. The third kappa shape index (κ3) is 3.59. The summed E-state index contributed by atoms with van der Waals surface area (Å²) in [5.74, 6) is 1.16. The van der Waals surface area contributed by atoms with Crippen molar-refractivity contribution in [1.82, 2.24) is 25.5 Å². The normalized spacial score (nSPS) is 22.7. The van der Waals surface area contributed by atoms with E-state index in [-0.39, 0.29) is 18.0 Å². The van der Waals surface area contributed by atoms with Crippen LogP contribution in [0.4, 0.5) is 16.6 Å². The fourth-order valence-electron chi connectivity index (χ4n) is 6.52. The van der Waals surface area contributed by atoms with Gasteiger partial charge in [0.25, 0.3) is 0 Å². The van der Waals surface area contributed by atoms with E-state index < -0.39 is 0 Å². The minimum absolute atomic E-state index is 0.104. The Balaban J connectivity index is 1.24. The quantitative estimate of drug-likeness (QED) is 0.432. The Morgan fingerprint density at radius 2 is 1.84 bits per heavy atom. The third-order valence-corrected chi connectivity index (χ3v) is 9.66.